The summed E-state index contributed by atoms with van der Waals surface area (Å²) in [6.07, 6.45) is 1.80. The molecule has 6 heteroatoms. The van der Waals surface area contributed by atoms with Gasteiger partial charge in [-0.3, -0.25) is 9.69 Å². The molecule has 1 aliphatic rings. The molecule has 5 nitrogen and oxygen atoms in total. The highest BCUT2D eigenvalue weighted by molar-refractivity contribution is 5.97. The maximum atomic E-state index is 14.9. The van der Waals surface area contributed by atoms with Crippen LogP contribution in [-0.4, -0.2) is 41.6 Å². The van der Waals surface area contributed by atoms with Crippen molar-refractivity contribution in [2.24, 2.45) is 0 Å². The van der Waals surface area contributed by atoms with Gasteiger partial charge in [0.25, 0.3) is 5.91 Å². The third-order valence-electron chi connectivity index (χ3n) is 7.14. The molecule has 2 heterocycles. The number of halogens is 1. The molecule has 0 bridgehead atoms. The van der Waals surface area contributed by atoms with E-state index < -0.39 is 0 Å². The highest BCUT2D eigenvalue weighted by Gasteiger charge is 2.25. The number of ether oxygens (including phenoxy) is 1. The summed E-state index contributed by atoms with van der Waals surface area (Å²) in [6, 6.07) is 26.7. The Hall–Kier alpha value is -3.90. The van der Waals surface area contributed by atoms with Gasteiger partial charge in [-0.25, -0.2) is 4.39 Å². The second-order valence-electron chi connectivity index (χ2n) is 9.55. The van der Waals surface area contributed by atoms with Gasteiger partial charge in [-0.1, -0.05) is 42.5 Å². The number of nitrogens with zero attached hydrogens (tertiary/aromatic N) is 2. The van der Waals surface area contributed by atoms with E-state index in [1.807, 2.05) is 47.9 Å². The molecule has 1 amide bonds. The Kier molecular flexibility index (Phi) is 7.37. The first kappa shape index (κ1) is 24.8. The number of likely N-dealkylation sites (tertiary alicyclic amines) is 1. The van der Waals surface area contributed by atoms with Crippen molar-refractivity contribution in [1.29, 1.82) is 0 Å². The summed E-state index contributed by atoms with van der Waals surface area (Å²) in [7, 11) is 1.62. The van der Waals surface area contributed by atoms with E-state index in [4.69, 9.17) is 4.74 Å². The Balaban J connectivity index is 1.36. The number of amides is 1. The predicted molar refractivity (Wildman–Crippen MR) is 145 cm³/mol. The molecule has 0 aliphatic carbocycles. The van der Waals surface area contributed by atoms with Crippen molar-refractivity contribution < 1.29 is 13.9 Å². The molecule has 1 aromatic heterocycles. The average molecular weight is 498 g/mol. The lowest BCUT2D eigenvalue weighted by Crippen LogP contribution is -2.44. The summed E-state index contributed by atoms with van der Waals surface area (Å²) in [5.41, 5.74) is 4.62. The van der Waals surface area contributed by atoms with E-state index in [0.29, 0.717) is 16.9 Å². The molecule has 1 saturated heterocycles. The second kappa shape index (κ2) is 11.0. The monoisotopic (exact) mass is 497 g/mol. The van der Waals surface area contributed by atoms with Crippen LogP contribution < -0.4 is 10.1 Å². The van der Waals surface area contributed by atoms with Gasteiger partial charge in [-0.2, -0.15) is 0 Å². The molecule has 0 radical (unpaired) electrons. The van der Waals surface area contributed by atoms with Crippen LogP contribution in [-0.2, 0) is 6.54 Å². The zero-order valence-electron chi connectivity index (χ0n) is 21.3. The third kappa shape index (κ3) is 5.44. The third-order valence-corrected chi connectivity index (χ3v) is 7.14. The van der Waals surface area contributed by atoms with Gasteiger partial charge in [0.2, 0.25) is 0 Å². The molecule has 3 aromatic carbocycles. The molecule has 1 aliphatic heterocycles. The van der Waals surface area contributed by atoms with Gasteiger partial charge < -0.3 is 14.6 Å². The number of hydrogen-bond acceptors (Lipinski definition) is 3. The molecular weight excluding hydrogens is 465 g/mol. The van der Waals surface area contributed by atoms with Crippen molar-refractivity contribution in [3.8, 4) is 22.7 Å². The molecule has 0 saturated carbocycles. The van der Waals surface area contributed by atoms with Gasteiger partial charge in [-0.15, -0.1) is 0 Å². The van der Waals surface area contributed by atoms with Gasteiger partial charge in [0.05, 0.1) is 24.1 Å². The maximum absolute atomic E-state index is 14.9. The number of rotatable bonds is 7. The summed E-state index contributed by atoms with van der Waals surface area (Å²) in [5, 5.41) is 3.24. The predicted octanol–water partition coefficient (Wildman–Crippen LogP) is 5.99. The summed E-state index contributed by atoms with van der Waals surface area (Å²) >= 11 is 0. The first-order chi connectivity index (χ1) is 18.0. The molecule has 0 atom stereocenters. The fourth-order valence-corrected chi connectivity index (χ4v) is 5.09. The second-order valence-corrected chi connectivity index (χ2v) is 9.55. The minimum absolute atomic E-state index is 0.111. The molecule has 4 aromatic rings. The lowest BCUT2D eigenvalue weighted by molar-refractivity contribution is 0.0908. The van der Waals surface area contributed by atoms with Gasteiger partial charge >= 0.3 is 0 Å². The van der Waals surface area contributed by atoms with Crippen LogP contribution in [0.15, 0.2) is 84.9 Å². The zero-order chi connectivity index (χ0) is 25.8. The Labute approximate surface area is 217 Å². The van der Waals surface area contributed by atoms with E-state index in [-0.39, 0.29) is 17.8 Å². The van der Waals surface area contributed by atoms with Crippen molar-refractivity contribution in [1.82, 2.24) is 14.8 Å². The fourth-order valence-electron chi connectivity index (χ4n) is 5.09. The summed E-state index contributed by atoms with van der Waals surface area (Å²) < 4.78 is 22.0. The van der Waals surface area contributed by atoms with Crippen LogP contribution in [0.4, 0.5) is 4.39 Å². The van der Waals surface area contributed by atoms with Crippen molar-refractivity contribution in [3.63, 3.8) is 0 Å². The van der Waals surface area contributed by atoms with Crippen molar-refractivity contribution >= 4 is 5.91 Å². The highest BCUT2D eigenvalue weighted by Crippen LogP contribution is 2.32. The first-order valence-corrected chi connectivity index (χ1v) is 12.7. The zero-order valence-corrected chi connectivity index (χ0v) is 21.3. The summed E-state index contributed by atoms with van der Waals surface area (Å²) in [4.78, 5) is 15.9. The van der Waals surface area contributed by atoms with Crippen molar-refractivity contribution in [2.75, 3.05) is 20.2 Å². The smallest absolute Gasteiger partial charge is 0.253 e. The molecule has 1 fully saturated rings. The van der Waals surface area contributed by atoms with Crippen LogP contribution in [0.2, 0.25) is 0 Å². The van der Waals surface area contributed by atoms with Crippen LogP contribution in [0.3, 0.4) is 0 Å². The fraction of sp³-hybridized carbons (Fsp3) is 0.258. The van der Waals surface area contributed by atoms with E-state index in [1.54, 1.807) is 25.3 Å². The topological polar surface area (TPSA) is 46.5 Å². The van der Waals surface area contributed by atoms with Crippen molar-refractivity contribution in [2.45, 2.75) is 32.4 Å². The molecule has 37 heavy (non-hydrogen) atoms. The number of benzene rings is 3. The van der Waals surface area contributed by atoms with E-state index in [9.17, 15) is 9.18 Å². The summed E-state index contributed by atoms with van der Waals surface area (Å²) in [5.74, 6) is 0.276. The normalized spacial score (nSPS) is 14.5. The lowest BCUT2D eigenvalue weighted by Gasteiger charge is -2.32. The minimum Gasteiger partial charge on any atom is -0.497 e. The van der Waals surface area contributed by atoms with Crippen LogP contribution in [0, 0.1) is 12.7 Å². The minimum atomic E-state index is -0.339. The van der Waals surface area contributed by atoms with Gasteiger partial charge in [0, 0.05) is 31.4 Å². The van der Waals surface area contributed by atoms with Gasteiger partial charge in [0.15, 0.2) is 0 Å². The number of hydrogen-bond donors (Lipinski definition) is 1. The van der Waals surface area contributed by atoms with E-state index in [2.05, 4.69) is 34.5 Å². The van der Waals surface area contributed by atoms with Gasteiger partial charge in [-0.05, 0) is 73.4 Å². The average Bonchev–Trinajstić information content (AvgIpc) is 3.27. The molecule has 0 unspecified atom stereocenters. The lowest BCUT2D eigenvalue weighted by atomic mass is 10.0. The maximum Gasteiger partial charge on any atom is 0.253 e. The van der Waals surface area contributed by atoms with E-state index in [0.717, 1.165) is 49.5 Å². The molecular formula is C31H32FN3O2. The van der Waals surface area contributed by atoms with Gasteiger partial charge in [0.1, 0.15) is 11.6 Å². The molecule has 1 N–H and O–H groups in total. The molecule has 0 spiro atoms. The number of carbonyl (C=O) groups excluding carboxylic acids is 1. The number of nitrogens with one attached hydrogen (secondary N) is 1. The number of para-hydroxylation sites is 1. The Morgan fingerprint density at radius 1 is 0.973 bits per heavy atom. The number of carbonyl (C=O) groups is 1. The van der Waals surface area contributed by atoms with Crippen LogP contribution in [0.25, 0.3) is 16.9 Å². The number of aromatic nitrogens is 1. The number of methoxy groups -OCH3 is 1. The van der Waals surface area contributed by atoms with Crippen LogP contribution in [0.5, 0.6) is 5.75 Å². The van der Waals surface area contributed by atoms with Crippen LogP contribution >= 0.6 is 0 Å². The largest absolute Gasteiger partial charge is 0.497 e. The number of piperidine rings is 1. The Bertz CT molecular complexity index is 1360. The Morgan fingerprint density at radius 2 is 1.65 bits per heavy atom. The quantitative estimate of drug-likeness (QED) is 0.341. The highest BCUT2D eigenvalue weighted by atomic mass is 19.1. The first-order valence-electron chi connectivity index (χ1n) is 12.7. The molecule has 5 rings (SSSR count). The van der Waals surface area contributed by atoms with E-state index >= 15 is 0 Å². The molecule has 190 valence electrons. The standard InChI is InChI=1S/C31H32FN3O2/c1-22-27(31(36)33-25-16-18-34(19-17-25)21-23-8-4-3-5-9-23)20-30(24-12-14-26(37-2)15-13-24)35(22)29-11-7-6-10-28(29)32/h3-15,20,25H,16-19,21H2,1-2H3,(H,33,36). The summed E-state index contributed by atoms with van der Waals surface area (Å²) in [6.45, 7) is 4.67. The van der Waals surface area contributed by atoms with E-state index in [1.165, 1.54) is 11.6 Å². The Morgan fingerprint density at radius 3 is 2.32 bits per heavy atom. The van der Waals surface area contributed by atoms with Crippen LogP contribution in [0.1, 0.15) is 34.5 Å². The SMILES string of the molecule is COc1ccc(-c2cc(C(=O)NC3CCN(Cc4ccccc4)CC3)c(C)n2-c2ccccc2F)cc1. The van der Waals surface area contributed by atoms with Crippen molar-refractivity contribution in [3.05, 3.63) is 108 Å².